The van der Waals surface area contributed by atoms with Crippen molar-refractivity contribution in [2.24, 2.45) is 0 Å². The van der Waals surface area contributed by atoms with E-state index < -0.39 is 0 Å². The van der Waals surface area contributed by atoms with Crippen molar-refractivity contribution in [3.8, 4) is 17.1 Å². The molecule has 3 rings (SSSR count). The van der Waals surface area contributed by atoms with Crippen LogP contribution in [0.2, 0.25) is 0 Å². The van der Waals surface area contributed by atoms with Crippen LogP contribution in [0.15, 0.2) is 24.3 Å². The Kier molecular flexibility index (Phi) is 7.62. The fraction of sp³-hybridized carbons (Fsp3) is 0.550. The summed E-state index contributed by atoms with van der Waals surface area (Å²) >= 11 is 5.33. The number of benzene rings is 1. The molecule has 1 amide bonds. The van der Waals surface area contributed by atoms with Gasteiger partial charge in [0.05, 0.1) is 7.11 Å². The molecule has 0 saturated carbocycles. The van der Waals surface area contributed by atoms with Gasteiger partial charge in [0, 0.05) is 25.1 Å². The van der Waals surface area contributed by atoms with Gasteiger partial charge < -0.3 is 15.0 Å². The van der Waals surface area contributed by atoms with E-state index in [4.69, 9.17) is 17.0 Å². The Morgan fingerprint density at radius 2 is 1.96 bits per heavy atom. The zero-order valence-electron chi connectivity index (χ0n) is 16.4. The Balaban J connectivity index is 1.46. The van der Waals surface area contributed by atoms with E-state index in [0.29, 0.717) is 17.7 Å². The van der Waals surface area contributed by atoms with E-state index in [1.54, 1.807) is 7.11 Å². The fourth-order valence-corrected chi connectivity index (χ4v) is 3.72. The monoisotopic (exact) mass is 403 g/mol. The minimum Gasteiger partial charge on any atom is -0.497 e. The molecule has 1 fully saturated rings. The Morgan fingerprint density at radius 3 is 2.68 bits per heavy atom. The van der Waals surface area contributed by atoms with Crippen LogP contribution in [0, 0.1) is 4.77 Å². The van der Waals surface area contributed by atoms with Crippen molar-refractivity contribution in [1.82, 2.24) is 25.0 Å². The highest BCUT2D eigenvalue weighted by Crippen LogP contribution is 2.21. The van der Waals surface area contributed by atoms with Gasteiger partial charge in [-0.15, -0.1) is 0 Å². The van der Waals surface area contributed by atoms with Crippen molar-refractivity contribution in [2.45, 2.75) is 38.6 Å². The molecule has 2 heterocycles. The molecule has 0 unspecified atom stereocenters. The Morgan fingerprint density at radius 1 is 1.21 bits per heavy atom. The van der Waals surface area contributed by atoms with Crippen molar-refractivity contribution >= 4 is 18.1 Å². The summed E-state index contributed by atoms with van der Waals surface area (Å²) in [5, 5.41) is 10.2. The van der Waals surface area contributed by atoms with Gasteiger partial charge in [0.15, 0.2) is 10.6 Å². The molecule has 2 aromatic rings. The largest absolute Gasteiger partial charge is 0.497 e. The van der Waals surface area contributed by atoms with E-state index in [0.717, 1.165) is 36.6 Å². The first-order valence-corrected chi connectivity index (χ1v) is 10.4. The fourth-order valence-electron chi connectivity index (χ4n) is 3.50. The minimum absolute atomic E-state index is 0.0439. The summed E-state index contributed by atoms with van der Waals surface area (Å²) in [6, 6.07) is 7.63. The number of nitrogens with zero attached hydrogens (tertiary/aromatic N) is 3. The van der Waals surface area contributed by atoms with Crippen LogP contribution in [0.25, 0.3) is 11.4 Å². The molecule has 0 atom stereocenters. The van der Waals surface area contributed by atoms with E-state index in [2.05, 4.69) is 20.4 Å². The summed E-state index contributed by atoms with van der Waals surface area (Å²) in [6.07, 6.45) is 5.32. The van der Waals surface area contributed by atoms with Crippen molar-refractivity contribution in [3.63, 3.8) is 0 Å². The number of H-pyrrole nitrogens is 1. The standard InChI is InChI=1S/C20H29N5O2S/c1-27-17-8-6-16(7-9-17)19-22-23-20(28)25(19)15-10-18(26)21-11-5-14-24-12-3-2-4-13-24/h6-9H,2-5,10-15H2,1H3,(H,21,26)(H,23,28). The number of hydrogen-bond acceptors (Lipinski definition) is 5. The van der Waals surface area contributed by atoms with Gasteiger partial charge in [0.1, 0.15) is 5.75 Å². The van der Waals surface area contributed by atoms with Crippen molar-refractivity contribution in [3.05, 3.63) is 29.0 Å². The molecule has 152 valence electrons. The van der Waals surface area contributed by atoms with Gasteiger partial charge >= 0.3 is 0 Å². The second-order valence-electron chi connectivity index (χ2n) is 7.09. The van der Waals surface area contributed by atoms with Crippen LogP contribution in [-0.2, 0) is 11.3 Å². The number of carbonyl (C=O) groups excluding carboxylic acids is 1. The smallest absolute Gasteiger partial charge is 0.221 e. The Hall–Kier alpha value is -2.19. The predicted molar refractivity (Wildman–Crippen MR) is 112 cm³/mol. The number of aromatic nitrogens is 3. The van der Waals surface area contributed by atoms with Crippen LogP contribution in [-0.4, -0.2) is 58.9 Å². The maximum Gasteiger partial charge on any atom is 0.221 e. The van der Waals surface area contributed by atoms with Gasteiger partial charge in [-0.3, -0.25) is 14.5 Å². The lowest BCUT2D eigenvalue weighted by atomic mass is 10.1. The third-order valence-corrected chi connectivity index (χ3v) is 5.40. The molecule has 0 spiro atoms. The van der Waals surface area contributed by atoms with Gasteiger partial charge in [0.25, 0.3) is 0 Å². The highest BCUT2D eigenvalue weighted by atomic mass is 32.1. The van der Waals surface area contributed by atoms with Crippen LogP contribution >= 0.6 is 12.2 Å². The van der Waals surface area contributed by atoms with Crippen LogP contribution in [0.5, 0.6) is 5.75 Å². The lowest BCUT2D eigenvalue weighted by molar-refractivity contribution is -0.121. The molecule has 0 aliphatic carbocycles. The van der Waals surface area contributed by atoms with E-state index in [1.807, 2.05) is 28.8 Å². The van der Waals surface area contributed by atoms with Crippen LogP contribution < -0.4 is 10.1 Å². The molecule has 0 bridgehead atoms. The molecule has 1 saturated heterocycles. The zero-order chi connectivity index (χ0) is 19.8. The van der Waals surface area contributed by atoms with Crippen LogP contribution in [0.1, 0.15) is 32.1 Å². The molecule has 7 nitrogen and oxygen atoms in total. The molecule has 1 aromatic heterocycles. The van der Waals surface area contributed by atoms with E-state index in [9.17, 15) is 4.79 Å². The van der Waals surface area contributed by atoms with Gasteiger partial charge in [-0.05, 0) is 75.4 Å². The molecule has 2 N–H and O–H groups in total. The summed E-state index contributed by atoms with van der Waals surface area (Å²) in [7, 11) is 1.64. The molecule has 8 heteroatoms. The summed E-state index contributed by atoms with van der Waals surface area (Å²) < 4.78 is 7.58. The average molecular weight is 404 g/mol. The number of piperidine rings is 1. The molecule has 1 aromatic carbocycles. The van der Waals surface area contributed by atoms with Crippen LogP contribution in [0.3, 0.4) is 0 Å². The number of ether oxygens (including phenoxy) is 1. The second kappa shape index (κ2) is 10.4. The number of rotatable bonds is 9. The average Bonchev–Trinajstić information content (AvgIpc) is 3.11. The quantitative estimate of drug-likeness (QED) is 0.497. The lowest BCUT2D eigenvalue weighted by Crippen LogP contribution is -2.33. The summed E-state index contributed by atoms with van der Waals surface area (Å²) in [5.41, 5.74) is 0.926. The lowest BCUT2D eigenvalue weighted by Gasteiger charge is -2.26. The number of nitrogens with one attached hydrogen (secondary N) is 2. The highest BCUT2D eigenvalue weighted by Gasteiger charge is 2.12. The SMILES string of the molecule is COc1ccc(-c2n[nH]c(=S)n2CCC(=O)NCCCN2CCCCC2)cc1. The van der Waals surface area contributed by atoms with Gasteiger partial charge in [0.2, 0.25) is 5.91 Å². The maximum absolute atomic E-state index is 12.2. The Bertz CT molecular complexity index is 809. The second-order valence-corrected chi connectivity index (χ2v) is 7.48. The maximum atomic E-state index is 12.2. The summed E-state index contributed by atoms with van der Waals surface area (Å²) in [5.74, 6) is 1.56. The number of aromatic amines is 1. The predicted octanol–water partition coefficient (Wildman–Crippen LogP) is 3.00. The molecular formula is C20H29N5O2S. The minimum atomic E-state index is 0.0439. The van der Waals surface area contributed by atoms with E-state index in [-0.39, 0.29) is 5.91 Å². The topological polar surface area (TPSA) is 75.2 Å². The molecular weight excluding hydrogens is 374 g/mol. The number of hydrogen-bond donors (Lipinski definition) is 2. The highest BCUT2D eigenvalue weighted by molar-refractivity contribution is 7.71. The van der Waals surface area contributed by atoms with Crippen LogP contribution in [0.4, 0.5) is 0 Å². The Labute approximate surface area is 171 Å². The third kappa shape index (κ3) is 5.65. The van der Waals surface area contributed by atoms with Crippen molar-refractivity contribution in [2.75, 3.05) is 33.3 Å². The van der Waals surface area contributed by atoms with Gasteiger partial charge in [-0.1, -0.05) is 6.42 Å². The van der Waals surface area contributed by atoms with E-state index in [1.165, 1.54) is 32.4 Å². The number of likely N-dealkylation sites (tertiary alicyclic amines) is 1. The summed E-state index contributed by atoms with van der Waals surface area (Å²) in [4.78, 5) is 14.7. The molecule has 1 aliphatic heterocycles. The summed E-state index contributed by atoms with van der Waals surface area (Å²) in [6.45, 7) is 4.67. The number of methoxy groups -OCH3 is 1. The van der Waals surface area contributed by atoms with Crippen molar-refractivity contribution in [1.29, 1.82) is 0 Å². The number of carbonyl (C=O) groups is 1. The van der Waals surface area contributed by atoms with Gasteiger partial charge in [-0.25, -0.2) is 0 Å². The zero-order valence-corrected chi connectivity index (χ0v) is 17.3. The first-order valence-electron chi connectivity index (χ1n) is 9.96. The molecule has 28 heavy (non-hydrogen) atoms. The van der Waals surface area contributed by atoms with Crippen molar-refractivity contribution < 1.29 is 9.53 Å². The first-order chi connectivity index (χ1) is 13.7. The normalized spacial score (nSPS) is 14.8. The first kappa shape index (κ1) is 20.5. The molecule has 1 aliphatic rings. The third-order valence-electron chi connectivity index (χ3n) is 5.09. The number of amides is 1. The van der Waals surface area contributed by atoms with Gasteiger partial charge in [-0.2, -0.15) is 5.10 Å². The molecule has 0 radical (unpaired) electrons. The van der Waals surface area contributed by atoms with E-state index >= 15 is 0 Å².